The van der Waals surface area contributed by atoms with E-state index >= 15 is 0 Å². The number of carbonyl (C=O) groups excluding carboxylic acids is 2. The molecule has 1 amide bonds. The van der Waals surface area contributed by atoms with E-state index in [-0.39, 0.29) is 21.7 Å². The average molecular weight is 440 g/mol. The van der Waals surface area contributed by atoms with Crippen LogP contribution in [0.15, 0.2) is 77.7 Å². The fraction of sp³-hybridized carbons (Fsp3) is 0.0909. The van der Waals surface area contributed by atoms with E-state index in [1.54, 1.807) is 36.4 Å². The largest absolute Gasteiger partial charge is 0.495 e. The number of hydrogen-bond acceptors (Lipinski definition) is 6. The van der Waals surface area contributed by atoms with Crippen LogP contribution in [0.3, 0.4) is 0 Å². The summed E-state index contributed by atoms with van der Waals surface area (Å²) >= 11 is 0. The van der Waals surface area contributed by atoms with Gasteiger partial charge in [-0.15, -0.1) is 0 Å². The first kappa shape index (κ1) is 21.8. The Morgan fingerprint density at radius 3 is 2.03 bits per heavy atom. The van der Waals surface area contributed by atoms with Gasteiger partial charge in [-0.05, 0) is 36.4 Å². The summed E-state index contributed by atoms with van der Waals surface area (Å²) in [7, 11) is -1.55. The van der Waals surface area contributed by atoms with Gasteiger partial charge in [0.2, 0.25) is 0 Å². The van der Waals surface area contributed by atoms with Crippen molar-refractivity contribution in [2.75, 3.05) is 24.3 Å². The number of sulfonamides is 1. The third-order valence-corrected chi connectivity index (χ3v) is 5.78. The molecule has 0 fully saturated rings. The molecule has 0 saturated carbocycles. The number of methoxy groups -OCH3 is 2. The van der Waals surface area contributed by atoms with Crippen molar-refractivity contribution in [2.45, 2.75) is 4.90 Å². The van der Waals surface area contributed by atoms with Gasteiger partial charge in [0.05, 0.1) is 36.7 Å². The van der Waals surface area contributed by atoms with Crippen molar-refractivity contribution in [2.24, 2.45) is 0 Å². The summed E-state index contributed by atoms with van der Waals surface area (Å²) in [4.78, 5) is 24.6. The predicted molar refractivity (Wildman–Crippen MR) is 116 cm³/mol. The predicted octanol–water partition coefficient (Wildman–Crippen LogP) is 3.53. The monoisotopic (exact) mass is 440 g/mol. The molecule has 9 heteroatoms. The van der Waals surface area contributed by atoms with E-state index < -0.39 is 21.9 Å². The molecule has 31 heavy (non-hydrogen) atoms. The summed E-state index contributed by atoms with van der Waals surface area (Å²) in [6, 6.07) is 18.6. The SMILES string of the molecule is COC(=O)c1ccccc1S(=O)(=O)Nc1ccccc1C(=O)Nc1ccccc1OC. The number of rotatable bonds is 7. The van der Waals surface area contributed by atoms with Crippen LogP contribution in [0, 0.1) is 0 Å². The molecule has 3 aromatic carbocycles. The number of carbonyl (C=O) groups is 2. The zero-order valence-corrected chi connectivity index (χ0v) is 17.6. The normalized spacial score (nSPS) is 10.8. The van der Waals surface area contributed by atoms with Gasteiger partial charge in [0.1, 0.15) is 10.6 Å². The van der Waals surface area contributed by atoms with Gasteiger partial charge < -0.3 is 14.8 Å². The number of anilines is 2. The summed E-state index contributed by atoms with van der Waals surface area (Å²) in [5.74, 6) is -0.867. The summed E-state index contributed by atoms with van der Waals surface area (Å²) in [6.45, 7) is 0. The lowest BCUT2D eigenvalue weighted by Gasteiger charge is -2.15. The number of benzene rings is 3. The average Bonchev–Trinajstić information content (AvgIpc) is 2.79. The smallest absolute Gasteiger partial charge is 0.339 e. The van der Waals surface area contributed by atoms with Crippen molar-refractivity contribution in [3.63, 3.8) is 0 Å². The quantitative estimate of drug-likeness (QED) is 0.544. The Balaban J connectivity index is 1.94. The Morgan fingerprint density at radius 2 is 1.35 bits per heavy atom. The van der Waals surface area contributed by atoms with Gasteiger partial charge in [-0.3, -0.25) is 9.52 Å². The van der Waals surface area contributed by atoms with Crippen LogP contribution < -0.4 is 14.8 Å². The third kappa shape index (κ3) is 4.84. The highest BCUT2D eigenvalue weighted by Crippen LogP contribution is 2.26. The molecule has 0 spiro atoms. The third-order valence-electron chi connectivity index (χ3n) is 4.35. The first-order valence-corrected chi connectivity index (χ1v) is 10.6. The van der Waals surface area contributed by atoms with Crippen molar-refractivity contribution < 1.29 is 27.5 Å². The number of para-hydroxylation sites is 3. The lowest BCUT2D eigenvalue weighted by molar-refractivity contribution is 0.0596. The molecule has 2 N–H and O–H groups in total. The van der Waals surface area contributed by atoms with E-state index in [4.69, 9.17) is 4.74 Å². The zero-order chi connectivity index (χ0) is 22.4. The molecule has 0 aliphatic rings. The summed E-state index contributed by atoms with van der Waals surface area (Å²) < 4.78 is 38.3. The van der Waals surface area contributed by atoms with Crippen molar-refractivity contribution in [1.82, 2.24) is 0 Å². The first-order chi connectivity index (χ1) is 14.9. The Morgan fingerprint density at radius 1 is 0.774 bits per heavy atom. The summed E-state index contributed by atoms with van der Waals surface area (Å²) in [5, 5.41) is 2.71. The molecular weight excluding hydrogens is 420 g/mol. The summed E-state index contributed by atoms with van der Waals surface area (Å²) in [6.07, 6.45) is 0. The Kier molecular flexibility index (Phi) is 6.56. The minimum atomic E-state index is -4.20. The lowest BCUT2D eigenvalue weighted by atomic mass is 10.1. The minimum Gasteiger partial charge on any atom is -0.495 e. The molecule has 3 rings (SSSR count). The maximum Gasteiger partial charge on any atom is 0.339 e. The van der Waals surface area contributed by atoms with Crippen molar-refractivity contribution in [3.05, 3.63) is 83.9 Å². The molecule has 3 aromatic rings. The maximum absolute atomic E-state index is 13.0. The molecule has 0 heterocycles. The molecule has 8 nitrogen and oxygen atoms in total. The van der Waals surface area contributed by atoms with E-state index in [1.165, 1.54) is 43.5 Å². The number of esters is 1. The molecule has 0 bridgehead atoms. The summed E-state index contributed by atoms with van der Waals surface area (Å²) in [5.41, 5.74) is 0.458. The van der Waals surface area contributed by atoms with Crippen LogP contribution in [0.4, 0.5) is 11.4 Å². The Hall–Kier alpha value is -3.85. The van der Waals surface area contributed by atoms with Crippen LogP contribution in [0.25, 0.3) is 0 Å². The Labute approximate surface area is 179 Å². The molecule has 0 aliphatic heterocycles. The molecule has 0 aromatic heterocycles. The van der Waals surface area contributed by atoms with Crippen LogP contribution in [0.1, 0.15) is 20.7 Å². The fourth-order valence-corrected chi connectivity index (χ4v) is 4.16. The highest BCUT2D eigenvalue weighted by atomic mass is 32.2. The molecule has 0 unspecified atom stereocenters. The number of hydrogen-bond donors (Lipinski definition) is 2. The number of ether oxygens (including phenoxy) is 2. The van der Waals surface area contributed by atoms with Crippen molar-refractivity contribution >= 4 is 33.3 Å². The van der Waals surface area contributed by atoms with Gasteiger partial charge in [0.15, 0.2) is 0 Å². The van der Waals surface area contributed by atoms with Gasteiger partial charge >= 0.3 is 5.97 Å². The minimum absolute atomic E-state index is 0.0505. The topological polar surface area (TPSA) is 111 Å². The molecule has 0 aliphatic carbocycles. The second kappa shape index (κ2) is 9.31. The van der Waals surface area contributed by atoms with Gasteiger partial charge in [0.25, 0.3) is 15.9 Å². The maximum atomic E-state index is 13.0. The number of amides is 1. The van der Waals surface area contributed by atoms with E-state index in [0.29, 0.717) is 11.4 Å². The van der Waals surface area contributed by atoms with Gasteiger partial charge in [0, 0.05) is 0 Å². The van der Waals surface area contributed by atoms with E-state index in [9.17, 15) is 18.0 Å². The van der Waals surface area contributed by atoms with Crippen molar-refractivity contribution in [3.8, 4) is 5.75 Å². The van der Waals surface area contributed by atoms with Gasteiger partial charge in [-0.2, -0.15) is 0 Å². The van der Waals surface area contributed by atoms with E-state index in [1.807, 2.05) is 0 Å². The molecular formula is C22H20N2O6S. The fourth-order valence-electron chi connectivity index (χ4n) is 2.89. The zero-order valence-electron chi connectivity index (χ0n) is 16.8. The van der Waals surface area contributed by atoms with Gasteiger partial charge in [-0.1, -0.05) is 36.4 Å². The Bertz CT molecular complexity index is 1220. The van der Waals surface area contributed by atoms with Gasteiger partial charge in [-0.25, -0.2) is 13.2 Å². The second-order valence-electron chi connectivity index (χ2n) is 6.29. The first-order valence-electron chi connectivity index (χ1n) is 9.11. The molecule has 0 atom stereocenters. The second-order valence-corrected chi connectivity index (χ2v) is 7.94. The van der Waals surface area contributed by atoms with Crippen LogP contribution in [0.5, 0.6) is 5.75 Å². The van der Waals surface area contributed by atoms with E-state index in [2.05, 4.69) is 14.8 Å². The van der Waals surface area contributed by atoms with Crippen LogP contribution in [-0.2, 0) is 14.8 Å². The van der Waals surface area contributed by atoms with Crippen molar-refractivity contribution in [1.29, 1.82) is 0 Å². The van der Waals surface area contributed by atoms with E-state index in [0.717, 1.165) is 7.11 Å². The highest BCUT2D eigenvalue weighted by Gasteiger charge is 2.24. The van der Waals surface area contributed by atoms with Crippen LogP contribution in [0.2, 0.25) is 0 Å². The van der Waals surface area contributed by atoms with Crippen LogP contribution in [-0.4, -0.2) is 34.5 Å². The molecule has 0 radical (unpaired) electrons. The lowest BCUT2D eigenvalue weighted by Crippen LogP contribution is -2.20. The standard InChI is InChI=1S/C22H20N2O6S/c1-29-19-13-7-6-12-18(19)23-21(25)15-9-3-5-11-17(15)24-31(27,28)20-14-8-4-10-16(20)22(26)30-2/h3-14,24H,1-2H3,(H,23,25). The highest BCUT2D eigenvalue weighted by molar-refractivity contribution is 7.92. The molecule has 160 valence electrons. The molecule has 0 saturated heterocycles. The number of nitrogens with one attached hydrogen (secondary N) is 2. The van der Waals surface area contributed by atoms with Crippen LogP contribution >= 0.6 is 0 Å².